The number of ether oxygens (including phenoxy) is 6. The highest BCUT2D eigenvalue weighted by Gasteiger charge is 2.40. The third kappa shape index (κ3) is 6.60. The summed E-state index contributed by atoms with van der Waals surface area (Å²) in [6, 6.07) is 15.2. The molecular weight excluding hydrogens is 520 g/mol. The Morgan fingerprint density at radius 1 is 0.825 bits per heavy atom. The van der Waals surface area contributed by atoms with Crippen LogP contribution >= 0.6 is 0 Å². The van der Waals surface area contributed by atoms with Crippen LogP contribution in [0.3, 0.4) is 0 Å². The van der Waals surface area contributed by atoms with Crippen LogP contribution in [-0.4, -0.2) is 69.7 Å². The number of methoxy groups -OCH3 is 3. The molecule has 0 aliphatic rings. The Morgan fingerprint density at radius 2 is 1.48 bits per heavy atom. The van der Waals surface area contributed by atoms with Crippen molar-refractivity contribution in [1.82, 2.24) is 9.88 Å². The van der Waals surface area contributed by atoms with Gasteiger partial charge < -0.3 is 28.4 Å². The summed E-state index contributed by atoms with van der Waals surface area (Å²) in [5.41, 5.74) is -0.0120. The highest BCUT2D eigenvalue weighted by molar-refractivity contribution is 5.91. The number of amides is 1. The van der Waals surface area contributed by atoms with E-state index in [1.165, 1.54) is 63.9 Å². The van der Waals surface area contributed by atoms with Crippen LogP contribution in [0.1, 0.15) is 39.6 Å². The van der Waals surface area contributed by atoms with Crippen molar-refractivity contribution in [3.63, 3.8) is 0 Å². The molecule has 0 unspecified atom stereocenters. The van der Waals surface area contributed by atoms with E-state index in [1.54, 1.807) is 6.07 Å². The van der Waals surface area contributed by atoms with Crippen molar-refractivity contribution >= 4 is 18.0 Å². The van der Waals surface area contributed by atoms with Crippen molar-refractivity contribution in [1.29, 1.82) is 0 Å². The largest absolute Gasteiger partial charge is 0.493 e. The number of carbonyl (C=O) groups is 3. The van der Waals surface area contributed by atoms with Crippen LogP contribution in [0.4, 0.5) is 4.79 Å². The minimum Gasteiger partial charge on any atom is -0.493 e. The topological polar surface area (TPSA) is 123 Å². The van der Waals surface area contributed by atoms with E-state index in [4.69, 9.17) is 28.4 Å². The fraction of sp³-hybridized carbons (Fsp3) is 0.310. The van der Waals surface area contributed by atoms with Gasteiger partial charge in [-0.15, -0.1) is 0 Å². The van der Waals surface area contributed by atoms with E-state index in [9.17, 15) is 14.4 Å². The first-order valence-electron chi connectivity index (χ1n) is 12.3. The number of aromatic nitrogens is 1. The van der Waals surface area contributed by atoms with E-state index in [-0.39, 0.29) is 17.7 Å². The maximum atomic E-state index is 13.2. The molecule has 11 nitrogen and oxygen atoms in total. The lowest BCUT2D eigenvalue weighted by Crippen LogP contribution is -2.50. The van der Waals surface area contributed by atoms with Crippen LogP contribution in [0.25, 0.3) is 0 Å². The summed E-state index contributed by atoms with van der Waals surface area (Å²) in [5.74, 6) is -0.437. The van der Waals surface area contributed by atoms with Gasteiger partial charge in [0.15, 0.2) is 11.5 Å². The minimum absolute atomic E-state index is 0.167. The molecule has 1 atom stereocenters. The molecule has 0 saturated heterocycles. The van der Waals surface area contributed by atoms with Crippen molar-refractivity contribution in [2.75, 3.05) is 41.8 Å². The average Bonchev–Trinajstić information content (AvgIpc) is 3.01. The first-order valence-corrected chi connectivity index (χ1v) is 12.3. The molecule has 1 heterocycles. The van der Waals surface area contributed by atoms with Gasteiger partial charge in [0.1, 0.15) is 12.1 Å². The van der Waals surface area contributed by atoms with Crippen molar-refractivity contribution in [2.45, 2.75) is 18.9 Å². The fourth-order valence-electron chi connectivity index (χ4n) is 4.10. The van der Waals surface area contributed by atoms with Gasteiger partial charge in [-0.2, -0.15) is 0 Å². The first kappa shape index (κ1) is 29.8. The Hall–Kier alpha value is -4.80. The van der Waals surface area contributed by atoms with Crippen LogP contribution in [0.5, 0.6) is 17.2 Å². The van der Waals surface area contributed by atoms with E-state index in [1.807, 2.05) is 37.3 Å². The van der Waals surface area contributed by atoms with Crippen LogP contribution in [-0.2, 0) is 19.7 Å². The zero-order valence-electron chi connectivity index (χ0n) is 23.0. The normalized spacial score (nSPS) is 11.9. The second kappa shape index (κ2) is 13.8. The molecule has 1 amide bonds. The Balaban J connectivity index is 1.80. The molecule has 3 aromatic rings. The molecule has 2 aromatic carbocycles. The zero-order valence-corrected chi connectivity index (χ0v) is 23.0. The summed E-state index contributed by atoms with van der Waals surface area (Å²) >= 11 is 0. The Labute approximate surface area is 232 Å². The summed E-state index contributed by atoms with van der Waals surface area (Å²) < 4.78 is 32.0. The molecule has 40 heavy (non-hydrogen) atoms. The molecule has 0 aliphatic heterocycles. The first-order chi connectivity index (χ1) is 19.3. The monoisotopic (exact) mass is 552 g/mol. The lowest BCUT2D eigenvalue weighted by atomic mass is 9.86. The van der Waals surface area contributed by atoms with Gasteiger partial charge >= 0.3 is 18.0 Å². The average molecular weight is 553 g/mol. The summed E-state index contributed by atoms with van der Waals surface area (Å²) in [7, 11) is 5.87. The summed E-state index contributed by atoms with van der Waals surface area (Å²) in [6.07, 6.45) is 2.44. The molecule has 0 radical (unpaired) electrons. The lowest BCUT2D eigenvalue weighted by Gasteiger charge is -2.40. The maximum absolute atomic E-state index is 13.2. The third-order valence-corrected chi connectivity index (χ3v) is 6.42. The molecule has 0 saturated carbocycles. The van der Waals surface area contributed by atoms with Gasteiger partial charge in [0.2, 0.25) is 12.5 Å². The highest BCUT2D eigenvalue weighted by Crippen LogP contribution is 2.39. The van der Waals surface area contributed by atoms with E-state index in [0.717, 1.165) is 0 Å². The second-order valence-electron chi connectivity index (χ2n) is 8.50. The molecule has 0 spiro atoms. The molecule has 3 rings (SSSR count). The zero-order chi connectivity index (χ0) is 29.1. The summed E-state index contributed by atoms with van der Waals surface area (Å²) in [6.45, 7) is 1.03. The van der Waals surface area contributed by atoms with Gasteiger partial charge in [-0.25, -0.2) is 14.4 Å². The number of pyridine rings is 1. The SMILES string of the molecule is CC[C@@](COC(=O)c1cc(OC)c(OC)c(OC)c1)(c1ccccc1)N(C)C(=O)OCOC(=O)c1cccnc1. The molecule has 212 valence electrons. The smallest absolute Gasteiger partial charge is 0.413 e. The van der Waals surface area contributed by atoms with Gasteiger partial charge in [-0.05, 0) is 36.2 Å². The molecule has 11 heteroatoms. The lowest BCUT2D eigenvalue weighted by molar-refractivity contribution is -0.0328. The molecule has 0 N–H and O–H groups in total. The molecular formula is C29H32N2O9. The van der Waals surface area contributed by atoms with Gasteiger partial charge in [-0.3, -0.25) is 9.88 Å². The van der Waals surface area contributed by atoms with Crippen LogP contribution in [0.15, 0.2) is 67.0 Å². The van der Waals surface area contributed by atoms with Crippen molar-refractivity contribution in [2.24, 2.45) is 0 Å². The quantitative estimate of drug-likeness (QED) is 0.235. The molecule has 0 aliphatic carbocycles. The Morgan fingerprint density at radius 3 is 2.02 bits per heavy atom. The number of hydrogen-bond donors (Lipinski definition) is 0. The van der Waals surface area contributed by atoms with Crippen LogP contribution in [0, 0.1) is 0 Å². The number of nitrogens with zero attached hydrogens (tertiary/aromatic N) is 2. The standard InChI is InChI=1S/C29H32N2O9/c1-6-29(22-12-8-7-9-13-22,31(2)28(34)40-19-39-26(32)20-11-10-14-30-17-20)18-38-27(33)21-15-23(35-3)25(37-5)24(16-21)36-4/h7-17H,6,18-19H2,1-5H3/t29-/m1/s1. The number of benzene rings is 2. The van der Waals surface area contributed by atoms with Crippen molar-refractivity contribution < 1.29 is 42.8 Å². The molecule has 0 fully saturated rings. The number of rotatable bonds is 12. The number of carbonyl (C=O) groups excluding carboxylic acids is 3. The van der Waals surface area contributed by atoms with Gasteiger partial charge in [0.25, 0.3) is 0 Å². The minimum atomic E-state index is -1.11. The summed E-state index contributed by atoms with van der Waals surface area (Å²) in [4.78, 5) is 43.6. The molecule has 1 aromatic heterocycles. The van der Waals surface area contributed by atoms with Crippen LogP contribution < -0.4 is 14.2 Å². The van der Waals surface area contributed by atoms with Gasteiger partial charge in [0, 0.05) is 19.4 Å². The van der Waals surface area contributed by atoms with Crippen molar-refractivity contribution in [3.8, 4) is 17.2 Å². The fourth-order valence-corrected chi connectivity index (χ4v) is 4.10. The van der Waals surface area contributed by atoms with Crippen molar-refractivity contribution in [3.05, 3.63) is 83.7 Å². The van der Waals surface area contributed by atoms with E-state index in [2.05, 4.69) is 4.98 Å². The van der Waals surface area contributed by atoms with Crippen LogP contribution in [0.2, 0.25) is 0 Å². The predicted octanol–water partition coefficient (Wildman–Crippen LogP) is 4.45. The van der Waals surface area contributed by atoms with E-state index < -0.39 is 30.4 Å². The number of hydrogen-bond acceptors (Lipinski definition) is 10. The number of esters is 2. The Bertz CT molecular complexity index is 1280. The second-order valence-corrected chi connectivity index (χ2v) is 8.50. The predicted molar refractivity (Wildman–Crippen MR) is 144 cm³/mol. The van der Waals surface area contributed by atoms with E-state index in [0.29, 0.717) is 29.2 Å². The molecule has 0 bridgehead atoms. The van der Waals surface area contributed by atoms with E-state index >= 15 is 0 Å². The Kier molecular flexibility index (Phi) is 10.3. The number of likely N-dealkylation sites (N-methyl/N-ethyl adjacent to an activating group) is 1. The van der Waals surface area contributed by atoms with Gasteiger partial charge in [-0.1, -0.05) is 37.3 Å². The highest BCUT2D eigenvalue weighted by atomic mass is 16.7. The maximum Gasteiger partial charge on any atom is 0.413 e. The summed E-state index contributed by atoms with van der Waals surface area (Å²) in [5, 5.41) is 0. The van der Waals surface area contributed by atoms with Gasteiger partial charge in [0.05, 0.1) is 32.5 Å². The third-order valence-electron chi connectivity index (χ3n) is 6.42.